The average molecular weight is 259 g/mol. The van der Waals surface area contributed by atoms with Crippen LogP contribution in [0, 0.1) is 11.6 Å². The first-order chi connectivity index (χ1) is 9.15. The van der Waals surface area contributed by atoms with Crippen LogP contribution in [0.25, 0.3) is 22.4 Å². The minimum absolute atomic E-state index is 0.0609. The summed E-state index contributed by atoms with van der Waals surface area (Å²) in [6, 6.07) is 9.31. The molecular weight excluding hydrogens is 252 g/mol. The van der Waals surface area contributed by atoms with Gasteiger partial charge >= 0.3 is 5.63 Å². The van der Waals surface area contributed by atoms with Gasteiger partial charge in [0.2, 0.25) is 5.89 Å². The number of rotatable bonds is 1. The van der Waals surface area contributed by atoms with Crippen molar-refractivity contribution in [3.63, 3.8) is 0 Å². The molecule has 0 amide bonds. The highest BCUT2D eigenvalue weighted by Crippen LogP contribution is 2.21. The summed E-state index contributed by atoms with van der Waals surface area (Å²) >= 11 is 0. The molecular formula is C14H7F2NO2. The molecule has 0 unspecified atom stereocenters. The molecule has 0 saturated heterocycles. The molecule has 1 aromatic heterocycles. The molecule has 19 heavy (non-hydrogen) atoms. The Balaban J connectivity index is 2.32. The number of benzene rings is 2. The molecule has 0 saturated carbocycles. The predicted molar refractivity (Wildman–Crippen MR) is 65.6 cm³/mol. The summed E-state index contributed by atoms with van der Waals surface area (Å²) in [5.41, 5.74) is -0.483. The van der Waals surface area contributed by atoms with Gasteiger partial charge in [-0.25, -0.2) is 18.6 Å². The minimum atomic E-state index is -0.678. The lowest BCUT2D eigenvalue weighted by Crippen LogP contribution is -2.03. The van der Waals surface area contributed by atoms with Crippen LogP contribution in [0.5, 0.6) is 0 Å². The molecule has 5 heteroatoms. The number of aromatic nitrogens is 1. The normalized spacial score (nSPS) is 10.8. The van der Waals surface area contributed by atoms with Crippen LogP contribution >= 0.6 is 0 Å². The van der Waals surface area contributed by atoms with E-state index < -0.39 is 17.3 Å². The van der Waals surface area contributed by atoms with Crippen LogP contribution in [0.1, 0.15) is 0 Å². The van der Waals surface area contributed by atoms with Gasteiger partial charge in [0.05, 0.1) is 16.5 Å². The largest absolute Gasteiger partial charge is 0.403 e. The van der Waals surface area contributed by atoms with Gasteiger partial charge in [-0.2, -0.15) is 0 Å². The van der Waals surface area contributed by atoms with Crippen LogP contribution in [0.2, 0.25) is 0 Å². The lowest BCUT2D eigenvalue weighted by atomic mass is 10.2. The van der Waals surface area contributed by atoms with Gasteiger partial charge in [0.25, 0.3) is 0 Å². The first-order valence-corrected chi connectivity index (χ1v) is 5.50. The summed E-state index contributed by atoms with van der Waals surface area (Å²) in [6.45, 7) is 0. The second kappa shape index (κ2) is 4.28. The Bertz CT molecular complexity index is 827. The van der Waals surface area contributed by atoms with Crippen LogP contribution < -0.4 is 5.63 Å². The summed E-state index contributed by atoms with van der Waals surface area (Å²) in [5.74, 6) is -1.25. The number of hydrogen-bond donors (Lipinski definition) is 0. The van der Waals surface area contributed by atoms with Gasteiger partial charge in [0.1, 0.15) is 11.6 Å². The summed E-state index contributed by atoms with van der Waals surface area (Å²) < 4.78 is 31.7. The Morgan fingerprint density at radius 1 is 1.05 bits per heavy atom. The van der Waals surface area contributed by atoms with Crippen molar-refractivity contribution < 1.29 is 13.2 Å². The van der Waals surface area contributed by atoms with Crippen molar-refractivity contribution in [1.29, 1.82) is 0 Å². The molecule has 0 radical (unpaired) electrons. The average Bonchev–Trinajstić information content (AvgIpc) is 2.38. The van der Waals surface area contributed by atoms with E-state index in [2.05, 4.69) is 4.98 Å². The standard InChI is InChI=1S/C14H7F2NO2/c15-8-5-6-10-12(7-8)17-13(19-14(10)18)9-3-1-2-4-11(9)16/h1-7H. The van der Waals surface area contributed by atoms with Crippen molar-refractivity contribution in [2.24, 2.45) is 0 Å². The summed E-state index contributed by atoms with van der Waals surface area (Å²) in [4.78, 5) is 15.7. The quantitative estimate of drug-likeness (QED) is 0.674. The zero-order valence-electron chi connectivity index (χ0n) is 9.56. The zero-order valence-corrected chi connectivity index (χ0v) is 9.56. The van der Waals surface area contributed by atoms with Gasteiger partial charge in [0.15, 0.2) is 0 Å². The van der Waals surface area contributed by atoms with Crippen LogP contribution in [0.3, 0.4) is 0 Å². The second-order valence-corrected chi connectivity index (χ2v) is 3.95. The van der Waals surface area contributed by atoms with Gasteiger partial charge in [-0.3, -0.25) is 0 Å². The summed E-state index contributed by atoms with van der Waals surface area (Å²) in [7, 11) is 0. The molecule has 0 N–H and O–H groups in total. The van der Waals surface area contributed by atoms with E-state index in [0.717, 1.165) is 12.1 Å². The van der Waals surface area contributed by atoms with Crippen molar-refractivity contribution in [2.75, 3.05) is 0 Å². The molecule has 3 nitrogen and oxygen atoms in total. The van der Waals surface area contributed by atoms with Crippen molar-refractivity contribution in [3.8, 4) is 11.5 Å². The number of halogens is 2. The van der Waals surface area contributed by atoms with Gasteiger partial charge in [-0.15, -0.1) is 0 Å². The van der Waals surface area contributed by atoms with Crippen LogP contribution in [-0.4, -0.2) is 4.98 Å². The highest BCUT2D eigenvalue weighted by molar-refractivity contribution is 5.78. The molecule has 0 atom stereocenters. The van der Waals surface area contributed by atoms with E-state index in [1.54, 1.807) is 6.07 Å². The first kappa shape index (κ1) is 11.5. The Kier molecular flexibility index (Phi) is 2.59. The molecule has 0 aliphatic heterocycles. The molecule has 0 bridgehead atoms. The molecule has 3 aromatic rings. The van der Waals surface area contributed by atoms with Gasteiger partial charge in [-0.1, -0.05) is 12.1 Å². The fourth-order valence-corrected chi connectivity index (χ4v) is 1.79. The third-order valence-corrected chi connectivity index (χ3v) is 2.70. The Hall–Kier alpha value is -2.56. The second-order valence-electron chi connectivity index (χ2n) is 3.95. The maximum absolute atomic E-state index is 13.6. The Morgan fingerprint density at radius 2 is 1.84 bits per heavy atom. The number of nitrogens with zero attached hydrogens (tertiary/aromatic N) is 1. The smallest absolute Gasteiger partial charge is 0.347 e. The van der Waals surface area contributed by atoms with Crippen molar-refractivity contribution >= 4 is 10.9 Å². The van der Waals surface area contributed by atoms with Crippen molar-refractivity contribution in [3.05, 3.63) is 64.5 Å². The lowest BCUT2D eigenvalue weighted by molar-refractivity contribution is 0.511. The maximum atomic E-state index is 13.6. The molecule has 94 valence electrons. The number of fused-ring (bicyclic) bond motifs is 1. The fraction of sp³-hybridized carbons (Fsp3) is 0. The molecule has 3 rings (SSSR count). The first-order valence-electron chi connectivity index (χ1n) is 5.50. The minimum Gasteiger partial charge on any atom is -0.403 e. The van der Waals surface area contributed by atoms with Crippen molar-refractivity contribution in [1.82, 2.24) is 4.98 Å². The van der Waals surface area contributed by atoms with Gasteiger partial charge < -0.3 is 4.42 Å². The molecule has 1 heterocycles. The lowest BCUT2D eigenvalue weighted by Gasteiger charge is -2.02. The third-order valence-electron chi connectivity index (χ3n) is 2.70. The van der Waals surface area contributed by atoms with E-state index in [4.69, 9.17) is 4.42 Å². The molecule has 0 aliphatic carbocycles. The predicted octanol–water partition coefficient (Wildman–Crippen LogP) is 3.13. The van der Waals surface area contributed by atoms with E-state index in [9.17, 15) is 13.6 Å². The molecule has 0 aliphatic rings. The Morgan fingerprint density at radius 3 is 2.63 bits per heavy atom. The summed E-state index contributed by atoms with van der Waals surface area (Å²) in [5, 5.41) is 0.154. The Labute approximate surface area is 106 Å². The zero-order chi connectivity index (χ0) is 13.4. The van der Waals surface area contributed by atoms with E-state index in [1.807, 2.05) is 0 Å². The summed E-state index contributed by atoms with van der Waals surface area (Å²) in [6.07, 6.45) is 0. The number of hydrogen-bond acceptors (Lipinski definition) is 3. The SMILES string of the molecule is O=c1oc(-c2ccccc2F)nc2cc(F)ccc12. The monoisotopic (exact) mass is 259 g/mol. The van der Waals surface area contributed by atoms with Crippen molar-refractivity contribution in [2.45, 2.75) is 0 Å². The third kappa shape index (κ3) is 1.99. The fourth-order valence-electron chi connectivity index (χ4n) is 1.79. The van der Waals surface area contributed by atoms with E-state index in [0.29, 0.717) is 0 Å². The van der Waals surface area contributed by atoms with Gasteiger partial charge in [0, 0.05) is 6.07 Å². The van der Waals surface area contributed by atoms with Crippen LogP contribution in [0.15, 0.2) is 51.7 Å². The van der Waals surface area contributed by atoms with Crippen LogP contribution in [-0.2, 0) is 0 Å². The van der Waals surface area contributed by atoms with E-state index in [1.165, 1.54) is 24.3 Å². The molecule has 0 spiro atoms. The topological polar surface area (TPSA) is 43.1 Å². The van der Waals surface area contributed by atoms with Crippen LogP contribution in [0.4, 0.5) is 8.78 Å². The maximum Gasteiger partial charge on any atom is 0.347 e. The highest BCUT2D eigenvalue weighted by atomic mass is 19.1. The molecule has 2 aromatic carbocycles. The van der Waals surface area contributed by atoms with E-state index >= 15 is 0 Å². The van der Waals surface area contributed by atoms with Gasteiger partial charge in [-0.05, 0) is 24.3 Å². The highest BCUT2D eigenvalue weighted by Gasteiger charge is 2.12. The van der Waals surface area contributed by atoms with E-state index in [-0.39, 0.29) is 22.4 Å². The molecule has 0 fully saturated rings.